The second-order valence-corrected chi connectivity index (χ2v) is 5.62. The van der Waals surface area contributed by atoms with Gasteiger partial charge in [0.1, 0.15) is 5.82 Å². The first kappa shape index (κ1) is 15.9. The van der Waals surface area contributed by atoms with Crippen LogP contribution in [-0.4, -0.2) is 53.6 Å². The fourth-order valence-electron chi connectivity index (χ4n) is 2.54. The summed E-state index contributed by atoms with van der Waals surface area (Å²) in [5, 5.41) is 9.11. The van der Waals surface area contributed by atoms with Gasteiger partial charge in [-0.2, -0.15) is 0 Å². The molecule has 1 N–H and O–H groups in total. The Hall–Kier alpha value is -1.46. The molecular formula is C16H23FN2O2. The van der Waals surface area contributed by atoms with Crippen LogP contribution in [0.25, 0.3) is 0 Å². The topological polar surface area (TPSA) is 43.8 Å². The van der Waals surface area contributed by atoms with E-state index in [2.05, 4.69) is 0 Å². The number of likely N-dealkylation sites (N-methyl/N-ethyl adjacent to an activating group) is 1. The van der Waals surface area contributed by atoms with E-state index in [-0.39, 0.29) is 31.4 Å². The quantitative estimate of drug-likeness (QED) is 0.831. The zero-order valence-corrected chi connectivity index (χ0v) is 12.5. The van der Waals surface area contributed by atoms with Gasteiger partial charge in [-0.05, 0) is 18.9 Å². The van der Waals surface area contributed by atoms with Crippen molar-refractivity contribution in [2.75, 3.05) is 26.7 Å². The van der Waals surface area contributed by atoms with Gasteiger partial charge in [0.15, 0.2) is 0 Å². The third kappa shape index (κ3) is 4.25. The molecule has 0 saturated heterocycles. The van der Waals surface area contributed by atoms with Crippen LogP contribution >= 0.6 is 0 Å². The fourth-order valence-corrected chi connectivity index (χ4v) is 2.54. The second-order valence-electron chi connectivity index (χ2n) is 5.62. The molecule has 4 nitrogen and oxygen atoms in total. The summed E-state index contributed by atoms with van der Waals surface area (Å²) < 4.78 is 13.6. The largest absolute Gasteiger partial charge is 0.395 e. The molecule has 0 aromatic heterocycles. The smallest absolute Gasteiger partial charge is 0.236 e. The summed E-state index contributed by atoms with van der Waals surface area (Å²) in [5.74, 6) is -0.332. The van der Waals surface area contributed by atoms with Crippen LogP contribution in [0, 0.1) is 5.82 Å². The van der Waals surface area contributed by atoms with Gasteiger partial charge in [0, 0.05) is 31.7 Å². The van der Waals surface area contributed by atoms with Crippen molar-refractivity contribution in [3.63, 3.8) is 0 Å². The van der Waals surface area contributed by atoms with Crippen molar-refractivity contribution >= 4 is 5.91 Å². The van der Waals surface area contributed by atoms with Gasteiger partial charge in [0.25, 0.3) is 0 Å². The Morgan fingerprint density at radius 3 is 2.67 bits per heavy atom. The molecule has 0 unspecified atom stereocenters. The van der Waals surface area contributed by atoms with Crippen LogP contribution in [0.5, 0.6) is 0 Å². The molecule has 116 valence electrons. The van der Waals surface area contributed by atoms with Gasteiger partial charge in [-0.15, -0.1) is 0 Å². The number of amides is 1. The van der Waals surface area contributed by atoms with Gasteiger partial charge < -0.3 is 10.0 Å². The van der Waals surface area contributed by atoms with Crippen LogP contribution in [-0.2, 0) is 11.3 Å². The molecule has 2 rings (SSSR count). The molecule has 1 aliphatic rings. The Balaban J connectivity index is 1.90. The van der Waals surface area contributed by atoms with Crippen molar-refractivity contribution in [2.24, 2.45) is 0 Å². The van der Waals surface area contributed by atoms with Crippen LogP contribution < -0.4 is 0 Å². The monoisotopic (exact) mass is 294 g/mol. The number of nitrogens with zero attached hydrogens (tertiary/aromatic N) is 2. The normalized spacial score (nSPS) is 15.0. The van der Waals surface area contributed by atoms with E-state index in [1.54, 1.807) is 30.1 Å². The second kappa shape index (κ2) is 7.52. The molecular weight excluding hydrogens is 271 g/mol. The molecule has 0 spiro atoms. The molecule has 5 heteroatoms. The van der Waals surface area contributed by atoms with E-state index in [9.17, 15) is 9.18 Å². The predicted molar refractivity (Wildman–Crippen MR) is 79.2 cm³/mol. The van der Waals surface area contributed by atoms with E-state index in [0.29, 0.717) is 18.2 Å². The minimum Gasteiger partial charge on any atom is -0.395 e. The molecule has 1 aliphatic carbocycles. The van der Waals surface area contributed by atoms with Gasteiger partial charge >= 0.3 is 0 Å². The molecule has 0 aliphatic heterocycles. The minimum atomic E-state index is -0.289. The predicted octanol–water partition coefficient (Wildman–Crippen LogP) is 1.63. The van der Waals surface area contributed by atoms with Crippen molar-refractivity contribution in [3.05, 3.63) is 35.6 Å². The lowest BCUT2D eigenvalue weighted by atomic mass is 9.91. The highest BCUT2D eigenvalue weighted by Crippen LogP contribution is 2.24. The number of benzene rings is 1. The van der Waals surface area contributed by atoms with E-state index in [4.69, 9.17) is 5.11 Å². The van der Waals surface area contributed by atoms with E-state index in [0.717, 1.165) is 12.8 Å². The van der Waals surface area contributed by atoms with Gasteiger partial charge in [-0.3, -0.25) is 9.69 Å². The summed E-state index contributed by atoms with van der Waals surface area (Å²) in [4.78, 5) is 15.8. The number of aliphatic hydroxyl groups excluding tert-OH is 1. The molecule has 0 radical (unpaired) electrons. The highest BCUT2D eigenvalue weighted by atomic mass is 19.1. The summed E-state index contributed by atoms with van der Waals surface area (Å²) in [7, 11) is 1.69. The number of hydrogen-bond acceptors (Lipinski definition) is 3. The van der Waals surface area contributed by atoms with Crippen molar-refractivity contribution in [1.82, 2.24) is 9.80 Å². The van der Waals surface area contributed by atoms with Crippen molar-refractivity contribution in [1.29, 1.82) is 0 Å². The molecule has 1 fully saturated rings. The maximum atomic E-state index is 13.6. The van der Waals surface area contributed by atoms with Gasteiger partial charge in [-0.25, -0.2) is 4.39 Å². The molecule has 0 bridgehead atoms. The maximum absolute atomic E-state index is 13.6. The summed E-state index contributed by atoms with van der Waals surface area (Å²) in [5.41, 5.74) is 0.519. The average Bonchev–Trinajstić information content (AvgIpc) is 2.39. The summed E-state index contributed by atoms with van der Waals surface area (Å²) in [6.07, 6.45) is 3.36. The molecule has 1 amide bonds. The van der Waals surface area contributed by atoms with Crippen molar-refractivity contribution in [3.8, 4) is 0 Å². The highest BCUT2D eigenvalue weighted by molar-refractivity contribution is 5.78. The SMILES string of the molecule is CN(Cc1ccccc1F)C(=O)CN(CCO)C1CCC1. The Bertz CT molecular complexity index is 477. The number of hydrogen-bond donors (Lipinski definition) is 1. The number of rotatable bonds is 7. The lowest BCUT2D eigenvalue weighted by Crippen LogP contribution is -2.47. The van der Waals surface area contributed by atoms with E-state index < -0.39 is 0 Å². The lowest BCUT2D eigenvalue weighted by Gasteiger charge is -2.37. The third-order valence-corrected chi connectivity index (χ3v) is 4.11. The van der Waals surface area contributed by atoms with Gasteiger partial charge in [-0.1, -0.05) is 24.6 Å². The number of halogens is 1. The first-order chi connectivity index (χ1) is 10.1. The van der Waals surface area contributed by atoms with Crippen LogP contribution in [0.3, 0.4) is 0 Å². The van der Waals surface area contributed by atoms with Crippen molar-refractivity contribution in [2.45, 2.75) is 31.8 Å². The Morgan fingerprint density at radius 1 is 1.38 bits per heavy atom. The van der Waals surface area contributed by atoms with E-state index in [1.807, 2.05) is 4.90 Å². The fraction of sp³-hybridized carbons (Fsp3) is 0.562. The van der Waals surface area contributed by atoms with Crippen molar-refractivity contribution < 1.29 is 14.3 Å². The van der Waals surface area contributed by atoms with Crippen LogP contribution in [0.4, 0.5) is 4.39 Å². The molecule has 1 aromatic rings. The zero-order chi connectivity index (χ0) is 15.2. The Kier molecular flexibility index (Phi) is 5.70. The standard InChI is InChI=1S/C16H23FN2O2/c1-18(11-13-5-2-3-8-15(13)17)16(21)12-19(9-10-20)14-6-4-7-14/h2-3,5,8,14,20H,4,6-7,9-12H2,1H3. The van der Waals surface area contributed by atoms with Gasteiger partial charge in [0.05, 0.1) is 13.2 Å². The molecule has 1 saturated carbocycles. The minimum absolute atomic E-state index is 0.0430. The molecule has 0 heterocycles. The van der Waals surface area contributed by atoms with E-state index >= 15 is 0 Å². The molecule has 0 atom stereocenters. The number of carbonyl (C=O) groups is 1. The van der Waals surface area contributed by atoms with Crippen LogP contribution in [0.1, 0.15) is 24.8 Å². The molecule has 21 heavy (non-hydrogen) atoms. The average molecular weight is 294 g/mol. The Labute approximate surface area is 125 Å². The lowest BCUT2D eigenvalue weighted by molar-refractivity contribution is -0.132. The highest BCUT2D eigenvalue weighted by Gasteiger charge is 2.27. The first-order valence-electron chi connectivity index (χ1n) is 7.44. The summed E-state index contributed by atoms with van der Waals surface area (Å²) >= 11 is 0. The number of carbonyl (C=O) groups excluding carboxylic acids is 1. The van der Waals surface area contributed by atoms with E-state index in [1.165, 1.54) is 12.5 Å². The third-order valence-electron chi connectivity index (χ3n) is 4.11. The van der Waals surface area contributed by atoms with Gasteiger partial charge in [0.2, 0.25) is 5.91 Å². The Morgan fingerprint density at radius 2 is 2.10 bits per heavy atom. The van der Waals surface area contributed by atoms with Crippen LogP contribution in [0.15, 0.2) is 24.3 Å². The summed E-state index contributed by atoms with van der Waals surface area (Å²) in [6, 6.07) is 6.91. The van der Waals surface area contributed by atoms with Crippen LogP contribution in [0.2, 0.25) is 0 Å². The zero-order valence-electron chi connectivity index (χ0n) is 12.5. The number of aliphatic hydroxyl groups is 1. The summed E-state index contributed by atoms with van der Waals surface area (Å²) in [6.45, 7) is 1.13. The first-order valence-corrected chi connectivity index (χ1v) is 7.44. The maximum Gasteiger partial charge on any atom is 0.236 e. The molecule has 1 aromatic carbocycles.